The maximum Gasteiger partial charge on any atom is 0.0490 e. The summed E-state index contributed by atoms with van der Waals surface area (Å²) in [5, 5.41) is 0. The van der Waals surface area contributed by atoms with Crippen LogP contribution in [-0.2, 0) is 0 Å². The van der Waals surface area contributed by atoms with Crippen molar-refractivity contribution in [2.45, 2.75) is 46.6 Å². The van der Waals surface area contributed by atoms with E-state index in [-0.39, 0.29) is 6.04 Å². The molecule has 0 fully saturated rings. The molecule has 1 unspecified atom stereocenters. The van der Waals surface area contributed by atoms with Crippen molar-refractivity contribution in [3.8, 4) is 0 Å². The lowest BCUT2D eigenvalue weighted by Crippen LogP contribution is -2.33. The second-order valence-electron chi connectivity index (χ2n) is 4.58. The first-order chi connectivity index (χ1) is 7.63. The van der Waals surface area contributed by atoms with E-state index in [0.717, 1.165) is 12.8 Å². The Bertz CT molecular complexity index is 330. The van der Waals surface area contributed by atoms with Gasteiger partial charge in [-0.25, -0.2) is 0 Å². The van der Waals surface area contributed by atoms with Gasteiger partial charge < -0.3 is 0 Å². The Hall–Kier alpha value is -0.860. The molecule has 16 heavy (non-hydrogen) atoms. The van der Waals surface area contributed by atoms with Gasteiger partial charge in [-0.05, 0) is 30.9 Å². The molecule has 0 radical (unpaired) electrons. The molecular weight excluding hydrogens is 196 g/mol. The Morgan fingerprint density at radius 1 is 1.19 bits per heavy atom. The molecule has 0 amide bonds. The second kappa shape index (κ2) is 6.02. The van der Waals surface area contributed by atoms with Crippen LogP contribution in [0, 0.1) is 19.8 Å². The average Bonchev–Trinajstić information content (AvgIpc) is 2.29. The summed E-state index contributed by atoms with van der Waals surface area (Å²) in [4.78, 5) is 0. The minimum atomic E-state index is 0.273. The minimum absolute atomic E-state index is 0.273. The van der Waals surface area contributed by atoms with E-state index in [9.17, 15) is 0 Å². The van der Waals surface area contributed by atoms with E-state index in [0.29, 0.717) is 5.92 Å². The van der Waals surface area contributed by atoms with Gasteiger partial charge in [0, 0.05) is 6.04 Å². The fraction of sp³-hybridized carbons (Fsp3) is 0.571. The van der Waals surface area contributed by atoms with E-state index in [4.69, 9.17) is 5.84 Å². The Morgan fingerprint density at radius 3 is 2.31 bits per heavy atom. The first-order valence-electron chi connectivity index (χ1n) is 6.17. The number of nitrogens with one attached hydrogen (secondary N) is 1. The highest BCUT2D eigenvalue weighted by Crippen LogP contribution is 2.29. The van der Waals surface area contributed by atoms with E-state index >= 15 is 0 Å². The van der Waals surface area contributed by atoms with Gasteiger partial charge in [-0.15, -0.1) is 0 Å². The van der Waals surface area contributed by atoms with E-state index in [1.165, 1.54) is 16.7 Å². The Kier molecular flexibility index (Phi) is 4.97. The number of hydrazine groups is 1. The molecule has 90 valence electrons. The summed E-state index contributed by atoms with van der Waals surface area (Å²) in [6.07, 6.45) is 2.30. The number of hydrogen-bond acceptors (Lipinski definition) is 2. The van der Waals surface area contributed by atoms with Crippen LogP contribution < -0.4 is 11.3 Å². The molecule has 2 heteroatoms. The lowest BCUT2D eigenvalue weighted by atomic mass is 9.86. The highest BCUT2D eigenvalue weighted by molar-refractivity contribution is 5.33. The Balaban J connectivity index is 3.06. The second-order valence-corrected chi connectivity index (χ2v) is 4.58. The third-order valence-electron chi connectivity index (χ3n) is 3.47. The van der Waals surface area contributed by atoms with Crippen molar-refractivity contribution >= 4 is 0 Å². The van der Waals surface area contributed by atoms with Crippen molar-refractivity contribution in [1.82, 2.24) is 5.43 Å². The molecule has 0 aliphatic heterocycles. The zero-order valence-electron chi connectivity index (χ0n) is 10.9. The monoisotopic (exact) mass is 220 g/mol. The zero-order valence-corrected chi connectivity index (χ0v) is 10.9. The Labute approximate surface area is 99.2 Å². The van der Waals surface area contributed by atoms with Gasteiger partial charge in [-0.1, -0.05) is 50.5 Å². The molecule has 0 aromatic heterocycles. The van der Waals surface area contributed by atoms with Crippen molar-refractivity contribution in [2.75, 3.05) is 0 Å². The minimum Gasteiger partial charge on any atom is -0.271 e. The van der Waals surface area contributed by atoms with Crippen molar-refractivity contribution < 1.29 is 0 Å². The molecule has 1 aromatic carbocycles. The van der Waals surface area contributed by atoms with Crippen LogP contribution in [0.5, 0.6) is 0 Å². The van der Waals surface area contributed by atoms with Gasteiger partial charge in [0.05, 0.1) is 0 Å². The number of nitrogens with two attached hydrogens (primary N) is 1. The SMILES string of the molecule is CCC(CC)C(NN)c1cc(C)ccc1C. The summed E-state index contributed by atoms with van der Waals surface area (Å²) in [6.45, 7) is 8.73. The highest BCUT2D eigenvalue weighted by atomic mass is 15.2. The predicted octanol–water partition coefficient (Wildman–Crippen LogP) is 3.24. The van der Waals surface area contributed by atoms with Gasteiger partial charge in [-0.2, -0.15) is 0 Å². The molecule has 2 nitrogen and oxygen atoms in total. The standard InChI is InChI=1S/C14H24N2/c1-5-12(6-2)14(16-15)13-9-10(3)7-8-11(13)4/h7-9,12,14,16H,5-6,15H2,1-4H3. The van der Waals surface area contributed by atoms with Crippen molar-refractivity contribution in [1.29, 1.82) is 0 Å². The fourth-order valence-electron chi connectivity index (χ4n) is 2.33. The largest absolute Gasteiger partial charge is 0.271 e. The summed E-state index contributed by atoms with van der Waals surface area (Å²) >= 11 is 0. The molecule has 0 heterocycles. The van der Waals surface area contributed by atoms with Crippen LogP contribution in [0.1, 0.15) is 49.4 Å². The average molecular weight is 220 g/mol. The molecule has 1 atom stereocenters. The van der Waals surface area contributed by atoms with Gasteiger partial charge in [0.15, 0.2) is 0 Å². The summed E-state index contributed by atoms with van der Waals surface area (Å²) in [7, 11) is 0. The maximum atomic E-state index is 5.73. The van der Waals surface area contributed by atoms with Crippen LogP contribution in [0.15, 0.2) is 18.2 Å². The number of hydrogen-bond donors (Lipinski definition) is 2. The van der Waals surface area contributed by atoms with E-state index in [1.807, 2.05) is 0 Å². The number of benzene rings is 1. The molecule has 3 N–H and O–H groups in total. The Morgan fingerprint density at radius 2 is 1.81 bits per heavy atom. The lowest BCUT2D eigenvalue weighted by molar-refractivity contribution is 0.344. The van der Waals surface area contributed by atoms with E-state index < -0.39 is 0 Å². The van der Waals surface area contributed by atoms with Gasteiger partial charge in [0.1, 0.15) is 0 Å². The number of rotatable bonds is 5. The van der Waals surface area contributed by atoms with Gasteiger partial charge in [0.25, 0.3) is 0 Å². The molecule has 0 bridgehead atoms. The van der Waals surface area contributed by atoms with Gasteiger partial charge in [0.2, 0.25) is 0 Å². The normalized spacial score (nSPS) is 13.1. The summed E-state index contributed by atoms with van der Waals surface area (Å²) in [5.74, 6) is 6.33. The summed E-state index contributed by atoms with van der Waals surface area (Å²) in [6, 6.07) is 6.85. The van der Waals surface area contributed by atoms with E-state index in [1.54, 1.807) is 0 Å². The van der Waals surface area contributed by atoms with Crippen LogP contribution in [-0.4, -0.2) is 0 Å². The van der Waals surface area contributed by atoms with Gasteiger partial charge >= 0.3 is 0 Å². The molecule has 0 spiro atoms. The zero-order chi connectivity index (χ0) is 12.1. The van der Waals surface area contributed by atoms with Crippen LogP contribution in [0.4, 0.5) is 0 Å². The van der Waals surface area contributed by atoms with Crippen LogP contribution in [0.25, 0.3) is 0 Å². The van der Waals surface area contributed by atoms with Crippen molar-refractivity contribution in [3.05, 3.63) is 34.9 Å². The first kappa shape index (κ1) is 13.2. The topological polar surface area (TPSA) is 38.0 Å². The third-order valence-corrected chi connectivity index (χ3v) is 3.47. The van der Waals surface area contributed by atoms with Crippen LogP contribution in [0.3, 0.4) is 0 Å². The fourth-order valence-corrected chi connectivity index (χ4v) is 2.33. The molecule has 1 aromatic rings. The molecule has 1 rings (SSSR count). The molecule has 0 aliphatic carbocycles. The van der Waals surface area contributed by atoms with Crippen LogP contribution >= 0.6 is 0 Å². The highest BCUT2D eigenvalue weighted by Gasteiger charge is 2.20. The van der Waals surface area contributed by atoms with Crippen molar-refractivity contribution in [3.63, 3.8) is 0 Å². The molecule has 0 saturated heterocycles. The molecule has 0 aliphatic rings. The molecular formula is C14H24N2. The first-order valence-corrected chi connectivity index (χ1v) is 6.17. The summed E-state index contributed by atoms with van der Waals surface area (Å²) in [5.41, 5.74) is 6.95. The maximum absolute atomic E-state index is 5.73. The predicted molar refractivity (Wildman–Crippen MR) is 70.1 cm³/mol. The van der Waals surface area contributed by atoms with Crippen molar-refractivity contribution in [2.24, 2.45) is 11.8 Å². The van der Waals surface area contributed by atoms with E-state index in [2.05, 4.69) is 51.3 Å². The summed E-state index contributed by atoms with van der Waals surface area (Å²) < 4.78 is 0. The smallest absolute Gasteiger partial charge is 0.0490 e. The molecule has 0 saturated carbocycles. The van der Waals surface area contributed by atoms with Crippen LogP contribution in [0.2, 0.25) is 0 Å². The third kappa shape index (κ3) is 2.83. The quantitative estimate of drug-likeness (QED) is 0.590. The van der Waals surface area contributed by atoms with Gasteiger partial charge in [-0.3, -0.25) is 11.3 Å². The lowest BCUT2D eigenvalue weighted by Gasteiger charge is -2.26. The number of aryl methyl sites for hydroxylation is 2.